The van der Waals surface area contributed by atoms with E-state index in [2.05, 4.69) is 15.1 Å². The number of nitrogens with zero attached hydrogens (tertiary/aromatic N) is 4. The van der Waals surface area contributed by atoms with Gasteiger partial charge in [-0.2, -0.15) is 4.98 Å². The summed E-state index contributed by atoms with van der Waals surface area (Å²) in [6.07, 6.45) is 0.868. The van der Waals surface area contributed by atoms with Crippen molar-refractivity contribution in [1.82, 2.24) is 19.7 Å². The molecule has 0 aliphatic heterocycles. The molecule has 0 spiro atoms. The molecular formula is C21H20N4O3. The summed E-state index contributed by atoms with van der Waals surface area (Å²) in [5.74, 6) is 1.50. The normalized spacial score (nSPS) is 11.1. The fraction of sp³-hybridized carbons (Fsp3) is 0.238. The number of hydrogen-bond acceptors (Lipinski definition) is 6. The Morgan fingerprint density at radius 3 is 2.75 bits per heavy atom. The molecule has 0 saturated heterocycles. The molecule has 28 heavy (non-hydrogen) atoms. The Hall–Kier alpha value is -3.48. The van der Waals surface area contributed by atoms with Gasteiger partial charge in [-0.05, 0) is 43.7 Å². The van der Waals surface area contributed by atoms with Crippen LogP contribution in [0, 0.1) is 6.92 Å². The minimum atomic E-state index is -0.0554. The van der Waals surface area contributed by atoms with Crippen molar-refractivity contribution < 1.29 is 9.26 Å². The summed E-state index contributed by atoms with van der Waals surface area (Å²) >= 11 is 0. The molecule has 2 aromatic carbocycles. The lowest BCUT2D eigenvalue weighted by molar-refractivity contribution is 0.405. The summed E-state index contributed by atoms with van der Waals surface area (Å²) in [5.41, 5.74) is 3.45. The molecule has 0 bridgehead atoms. The first-order valence-electron chi connectivity index (χ1n) is 9.11. The highest BCUT2D eigenvalue weighted by atomic mass is 16.5. The Morgan fingerprint density at radius 1 is 1.14 bits per heavy atom. The van der Waals surface area contributed by atoms with Crippen LogP contribution in [-0.2, 0) is 6.54 Å². The van der Waals surface area contributed by atoms with Crippen LogP contribution in [0.4, 0.5) is 0 Å². The number of methoxy groups -OCH3 is 1. The number of ether oxygens (including phenoxy) is 1. The van der Waals surface area contributed by atoms with Crippen molar-refractivity contribution in [3.05, 3.63) is 58.5 Å². The lowest BCUT2D eigenvalue weighted by atomic mass is 10.1. The van der Waals surface area contributed by atoms with E-state index in [1.165, 1.54) is 0 Å². The molecule has 4 aromatic rings. The first-order chi connectivity index (χ1) is 13.6. The lowest BCUT2D eigenvalue weighted by Gasteiger charge is -2.10. The summed E-state index contributed by atoms with van der Waals surface area (Å²) < 4.78 is 12.6. The maximum absolute atomic E-state index is 12.4. The van der Waals surface area contributed by atoms with Gasteiger partial charge < -0.3 is 13.8 Å². The predicted octanol–water partition coefficient (Wildman–Crippen LogP) is 3.84. The summed E-state index contributed by atoms with van der Waals surface area (Å²) in [6, 6.07) is 13.1. The van der Waals surface area contributed by atoms with Crippen LogP contribution in [0.3, 0.4) is 0 Å². The van der Waals surface area contributed by atoms with E-state index in [0.29, 0.717) is 29.7 Å². The molecule has 0 aliphatic carbocycles. The molecule has 0 fully saturated rings. The molecule has 4 rings (SSSR count). The van der Waals surface area contributed by atoms with Crippen molar-refractivity contribution in [2.24, 2.45) is 0 Å². The van der Waals surface area contributed by atoms with Crippen LogP contribution in [0.15, 0.2) is 51.8 Å². The van der Waals surface area contributed by atoms with Gasteiger partial charge in [0, 0.05) is 12.1 Å². The van der Waals surface area contributed by atoms with E-state index >= 15 is 0 Å². The maximum atomic E-state index is 12.4. The molecular weight excluding hydrogens is 356 g/mol. The first-order valence-corrected chi connectivity index (χ1v) is 9.11. The number of para-hydroxylation sites is 1. The van der Waals surface area contributed by atoms with E-state index < -0.39 is 0 Å². The zero-order valence-electron chi connectivity index (χ0n) is 16.0. The van der Waals surface area contributed by atoms with Crippen LogP contribution in [0.2, 0.25) is 0 Å². The van der Waals surface area contributed by atoms with E-state index in [-0.39, 0.29) is 5.56 Å². The molecule has 142 valence electrons. The standard InChI is InChI=1S/C21H20N4O3/c1-4-11-25-17-10-9-14(12-16(17)22-13(2)21(25)26)19-23-20(28-24-19)15-7-5-6-8-18(15)27-3/h5-10,12H,4,11H2,1-3H3. The van der Waals surface area contributed by atoms with Crippen LogP contribution in [0.5, 0.6) is 5.75 Å². The van der Waals surface area contributed by atoms with Crippen molar-refractivity contribution in [3.63, 3.8) is 0 Å². The van der Waals surface area contributed by atoms with Crippen LogP contribution in [0.25, 0.3) is 33.9 Å². The van der Waals surface area contributed by atoms with Gasteiger partial charge in [0.15, 0.2) is 0 Å². The van der Waals surface area contributed by atoms with E-state index in [1.54, 1.807) is 18.6 Å². The molecule has 0 saturated carbocycles. The first kappa shape index (κ1) is 17.9. The van der Waals surface area contributed by atoms with Gasteiger partial charge in [0.1, 0.15) is 11.4 Å². The Bertz CT molecular complexity index is 1210. The maximum Gasteiger partial charge on any atom is 0.272 e. The molecule has 7 heteroatoms. The number of aromatic nitrogens is 4. The van der Waals surface area contributed by atoms with E-state index in [0.717, 1.165) is 28.6 Å². The second kappa shape index (κ2) is 7.26. The molecule has 0 amide bonds. The SMILES string of the molecule is CCCn1c(=O)c(C)nc2cc(-c3noc(-c4ccccc4OC)n3)ccc21. The minimum absolute atomic E-state index is 0.0554. The van der Waals surface area contributed by atoms with Gasteiger partial charge >= 0.3 is 0 Å². The highest BCUT2D eigenvalue weighted by molar-refractivity contribution is 5.80. The molecule has 2 aromatic heterocycles. The predicted molar refractivity (Wildman–Crippen MR) is 106 cm³/mol. The Morgan fingerprint density at radius 2 is 1.96 bits per heavy atom. The lowest BCUT2D eigenvalue weighted by Crippen LogP contribution is -2.24. The number of fused-ring (bicyclic) bond motifs is 1. The smallest absolute Gasteiger partial charge is 0.272 e. The van der Waals surface area contributed by atoms with Crippen molar-refractivity contribution in [2.75, 3.05) is 7.11 Å². The summed E-state index contributed by atoms with van der Waals surface area (Å²) in [5, 5.41) is 4.11. The van der Waals surface area contributed by atoms with Gasteiger partial charge in [-0.3, -0.25) is 4.79 Å². The van der Waals surface area contributed by atoms with Crippen molar-refractivity contribution in [3.8, 4) is 28.6 Å². The van der Waals surface area contributed by atoms with E-state index in [4.69, 9.17) is 9.26 Å². The molecule has 0 unspecified atom stereocenters. The number of aryl methyl sites for hydroxylation is 2. The van der Waals surface area contributed by atoms with E-state index in [1.807, 2.05) is 49.4 Å². The third-order valence-corrected chi connectivity index (χ3v) is 4.58. The topological polar surface area (TPSA) is 83.0 Å². The Labute approximate surface area is 161 Å². The highest BCUT2D eigenvalue weighted by Gasteiger charge is 2.16. The average Bonchev–Trinajstić information content (AvgIpc) is 3.21. The fourth-order valence-corrected chi connectivity index (χ4v) is 3.23. The van der Waals surface area contributed by atoms with Gasteiger partial charge in [-0.15, -0.1) is 0 Å². The van der Waals surface area contributed by atoms with Gasteiger partial charge in [0.05, 0.1) is 23.7 Å². The second-order valence-electron chi connectivity index (χ2n) is 6.48. The minimum Gasteiger partial charge on any atom is -0.496 e. The van der Waals surface area contributed by atoms with Gasteiger partial charge in [0.2, 0.25) is 5.82 Å². The number of hydrogen-bond donors (Lipinski definition) is 0. The van der Waals surface area contributed by atoms with Crippen LogP contribution >= 0.6 is 0 Å². The zero-order chi connectivity index (χ0) is 19.7. The molecule has 0 aliphatic rings. The van der Waals surface area contributed by atoms with Gasteiger partial charge in [-0.25, -0.2) is 4.98 Å². The third-order valence-electron chi connectivity index (χ3n) is 4.58. The summed E-state index contributed by atoms with van der Waals surface area (Å²) in [6.45, 7) is 4.42. The number of benzene rings is 2. The summed E-state index contributed by atoms with van der Waals surface area (Å²) in [7, 11) is 1.60. The van der Waals surface area contributed by atoms with Crippen molar-refractivity contribution >= 4 is 11.0 Å². The summed E-state index contributed by atoms with van der Waals surface area (Å²) in [4.78, 5) is 21.4. The molecule has 0 radical (unpaired) electrons. The van der Waals surface area contributed by atoms with Gasteiger partial charge in [-0.1, -0.05) is 24.2 Å². The van der Waals surface area contributed by atoms with Crippen molar-refractivity contribution in [2.45, 2.75) is 26.8 Å². The van der Waals surface area contributed by atoms with Crippen LogP contribution in [0.1, 0.15) is 19.0 Å². The molecule has 2 heterocycles. The van der Waals surface area contributed by atoms with Crippen LogP contribution < -0.4 is 10.3 Å². The molecule has 0 N–H and O–H groups in total. The van der Waals surface area contributed by atoms with Crippen LogP contribution in [-0.4, -0.2) is 26.8 Å². The molecule has 0 atom stereocenters. The van der Waals surface area contributed by atoms with Crippen molar-refractivity contribution in [1.29, 1.82) is 0 Å². The van der Waals surface area contributed by atoms with E-state index in [9.17, 15) is 4.79 Å². The average molecular weight is 376 g/mol. The largest absolute Gasteiger partial charge is 0.496 e. The second-order valence-corrected chi connectivity index (χ2v) is 6.48. The fourth-order valence-electron chi connectivity index (χ4n) is 3.23. The monoisotopic (exact) mass is 376 g/mol. The zero-order valence-corrected chi connectivity index (χ0v) is 16.0. The number of rotatable bonds is 5. The highest BCUT2D eigenvalue weighted by Crippen LogP contribution is 2.30. The third kappa shape index (κ3) is 3.05. The quantitative estimate of drug-likeness (QED) is 0.526. The Balaban J connectivity index is 1.79. The Kier molecular flexibility index (Phi) is 4.65. The molecule has 7 nitrogen and oxygen atoms in total. The van der Waals surface area contributed by atoms with Gasteiger partial charge in [0.25, 0.3) is 11.4 Å².